The van der Waals surface area contributed by atoms with Crippen molar-refractivity contribution in [1.82, 2.24) is 0 Å². The normalized spacial score (nSPS) is 11.2. The lowest BCUT2D eigenvalue weighted by molar-refractivity contribution is 0.101. The maximum Gasteiger partial charge on any atom is 0.259 e. The predicted molar refractivity (Wildman–Crippen MR) is 295 cm³/mol. The molecule has 0 radical (unpaired) electrons. The molecule has 0 unspecified atom stereocenters. The minimum atomic E-state index is -0.639. The van der Waals surface area contributed by atoms with Gasteiger partial charge in [-0.1, -0.05) is 98.8 Å². The fourth-order valence-corrected chi connectivity index (χ4v) is 8.60. The molecule has 0 saturated carbocycles. The third-order valence-electron chi connectivity index (χ3n) is 12.5. The molecule has 6 N–H and O–H groups in total. The van der Waals surface area contributed by atoms with Crippen LogP contribution in [0.5, 0.6) is 23.0 Å². The molecule has 4 amide bonds. The third-order valence-corrected chi connectivity index (χ3v) is 12.5. The molecule has 0 fully saturated rings. The maximum absolute atomic E-state index is 14.4. The van der Waals surface area contributed by atoms with Crippen molar-refractivity contribution >= 4 is 90.7 Å². The van der Waals surface area contributed by atoms with E-state index in [1.807, 2.05) is 50.2 Å². The number of aryl methyl sites for hydroxylation is 2. The first-order chi connectivity index (χ1) is 37.0. The summed E-state index contributed by atoms with van der Waals surface area (Å²) >= 11 is 0. The van der Waals surface area contributed by atoms with Gasteiger partial charge in [0.1, 0.15) is 34.2 Å². The zero-order chi connectivity index (χ0) is 53.3. The molecule has 0 atom stereocenters. The number of aromatic hydroxyl groups is 2. The average molecular weight is 1010 g/mol. The lowest BCUT2D eigenvalue weighted by Gasteiger charge is -2.18. The summed E-state index contributed by atoms with van der Waals surface area (Å²) in [5.41, 5.74) is 4.36. The number of carbonyl (C=O) groups is 4. The molecule has 9 rings (SSSR count). The smallest absolute Gasteiger partial charge is 0.259 e. The lowest BCUT2D eigenvalue weighted by Crippen LogP contribution is -2.17. The Bertz CT molecular complexity index is 3750. The van der Waals surface area contributed by atoms with Gasteiger partial charge in [-0.2, -0.15) is 0 Å². The molecular weight excluding hydrogens is 961 g/mol. The molecule has 0 spiro atoms. The molecule has 378 valence electrons. The summed E-state index contributed by atoms with van der Waals surface area (Å²) in [4.78, 5) is 55.0. The lowest BCUT2D eigenvalue weighted by atomic mass is 9.99. The standard InChI is InChI=1S/C60H50N8O8/c1-5-35-29-43(63-59(73)46-31-37-17-13-15-23-44(37)53(55(46)69)67-65-48-33-39(25-27-50(48)75-3)57(71)61-41-19-9-7-10-20-41)30-36(6-2)52(35)64-60(74)47-32-38-18-14-16-24-45(38)54(56(47)70)68-66-49-34-40(26-28-51(49)76-4)58(72)62-42-21-11-8-12-22-42/h7-34,69-70H,5-6H2,1-4H3,(H,61,71)(H,62,72)(H,63,73)(H,64,74). The van der Waals surface area contributed by atoms with Gasteiger partial charge >= 0.3 is 0 Å². The van der Waals surface area contributed by atoms with Gasteiger partial charge in [-0.05, 0) is 120 Å². The van der Waals surface area contributed by atoms with Gasteiger partial charge in [0.05, 0.1) is 25.3 Å². The van der Waals surface area contributed by atoms with Crippen molar-refractivity contribution in [2.24, 2.45) is 20.5 Å². The zero-order valence-corrected chi connectivity index (χ0v) is 41.7. The number of nitrogens with one attached hydrogen (secondary N) is 4. The number of methoxy groups -OCH3 is 2. The van der Waals surface area contributed by atoms with E-state index in [9.17, 15) is 29.4 Å². The van der Waals surface area contributed by atoms with Crippen LogP contribution in [0.3, 0.4) is 0 Å². The molecule has 0 saturated heterocycles. The summed E-state index contributed by atoms with van der Waals surface area (Å²) in [6, 6.07) is 48.3. The molecule has 0 bridgehead atoms. The van der Waals surface area contributed by atoms with Gasteiger partial charge < -0.3 is 41.0 Å². The van der Waals surface area contributed by atoms with Crippen LogP contribution in [0.15, 0.2) is 190 Å². The highest BCUT2D eigenvalue weighted by Crippen LogP contribution is 2.43. The van der Waals surface area contributed by atoms with Crippen LogP contribution in [-0.4, -0.2) is 48.1 Å². The number of phenolic OH excluding ortho intramolecular Hbond substituents is 2. The van der Waals surface area contributed by atoms with Crippen LogP contribution in [0.4, 0.5) is 45.5 Å². The second-order valence-electron chi connectivity index (χ2n) is 17.3. The number of anilines is 4. The van der Waals surface area contributed by atoms with Gasteiger partial charge in [-0.15, -0.1) is 20.5 Å². The van der Waals surface area contributed by atoms with E-state index < -0.39 is 23.3 Å². The van der Waals surface area contributed by atoms with Gasteiger partial charge in [0.2, 0.25) is 0 Å². The van der Waals surface area contributed by atoms with Crippen molar-refractivity contribution in [2.45, 2.75) is 26.7 Å². The Morgan fingerprint density at radius 1 is 0.434 bits per heavy atom. The van der Waals surface area contributed by atoms with Gasteiger partial charge in [0, 0.05) is 44.6 Å². The highest BCUT2D eigenvalue weighted by Gasteiger charge is 2.24. The number of hydrogen-bond donors (Lipinski definition) is 6. The second-order valence-corrected chi connectivity index (χ2v) is 17.3. The third kappa shape index (κ3) is 10.9. The summed E-state index contributed by atoms with van der Waals surface area (Å²) in [6.45, 7) is 3.81. The Kier molecular flexibility index (Phi) is 15.1. The Morgan fingerprint density at radius 3 is 1.25 bits per heavy atom. The summed E-state index contributed by atoms with van der Waals surface area (Å²) < 4.78 is 11.1. The van der Waals surface area contributed by atoms with E-state index in [1.54, 1.807) is 121 Å². The molecule has 0 aliphatic heterocycles. The van der Waals surface area contributed by atoms with Crippen molar-refractivity contribution in [3.05, 3.63) is 203 Å². The molecule has 16 heteroatoms. The van der Waals surface area contributed by atoms with Crippen molar-refractivity contribution in [1.29, 1.82) is 0 Å². The number of para-hydroxylation sites is 2. The Balaban J connectivity index is 0.986. The first kappa shape index (κ1) is 50.7. The number of phenols is 2. The number of ether oxygens (including phenoxy) is 2. The topological polar surface area (TPSA) is 225 Å². The number of carbonyl (C=O) groups excluding carboxylic acids is 4. The predicted octanol–water partition coefficient (Wildman–Crippen LogP) is 14.4. The molecule has 76 heavy (non-hydrogen) atoms. The van der Waals surface area contributed by atoms with Crippen LogP contribution in [-0.2, 0) is 12.8 Å². The summed E-state index contributed by atoms with van der Waals surface area (Å²) in [5.74, 6) is -2.23. The monoisotopic (exact) mass is 1010 g/mol. The van der Waals surface area contributed by atoms with E-state index in [0.29, 0.717) is 79.8 Å². The Labute approximate surface area is 436 Å². The number of azo groups is 2. The molecular formula is C60H50N8O8. The fourth-order valence-electron chi connectivity index (χ4n) is 8.60. The summed E-state index contributed by atoms with van der Waals surface area (Å²) in [5, 5.41) is 55.3. The van der Waals surface area contributed by atoms with Crippen LogP contribution in [0, 0.1) is 0 Å². The van der Waals surface area contributed by atoms with Crippen LogP contribution < -0.4 is 30.7 Å². The summed E-state index contributed by atoms with van der Waals surface area (Å²) in [6.07, 6.45) is 0.869. The van der Waals surface area contributed by atoms with Crippen molar-refractivity contribution < 1.29 is 38.9 Å². The minimum absolute atomic E-state index is 0.0186. The van der Waals surface area contributed by atoms with E-state index in [2.05, 4.69) is 41.7 Å². The van der Waals surface area contributed by atoms with Crippen molar-refractivity contribution in [3.8, 4) is 23.0 Å². The van der Waals surface area contributed by atoms with Crippen LogP contribution in [0.25, 0.3) is 21.5 Å². The highest BCUT2D eigenvalue weighted by molar-refractivity contribution is 6.14. The highest BCUT2D eigenvalue weighted by atomic mass is 16.5. The molecule has 9 aromatic carbocycles. The first-order valence-electron chi connectivity index (χ1n) is 24.2. The Morgan fingerprint density at radius 2 is 0.829 bits per heavy atom. The Hall–Kier alpha value is -10.2. The first-order valence-corrected chi connectivity index (χ1v) is 24.2. The second kappa shape index (κ2) is 22.7. The number of hydrogen-bond acceptors (Lipinski definition) is 12. The van der Waals surface area contributed by atoms with E-state index >= 15 is 0 Å². The maximum atomic E-state index is 14.4. The molecule has 0 aliphatic carbocycles. The van der Waals surface area contributed by atoms with E-state index in [0.717, 1.165) is 0 Å². The zero-order valence-electron chi connectivity index (χ0n) is 41.7. The molecule has 9 aromatic rings. The van der Waals surface area contributed by atoms with Crippen molar-refractivity contribution in [3.63, 3.8) is 0 Å². The van der Waals surface area contributed by atoms with Gasteiger partial charge in [0.15, 0.2) is 11.5 Å². The SMILES string of the molecule is CCc1cc(NC(=O)c2cc3ccccc3c(N=Nc3cc(C(=O)Nc4ccccc4)ccc3OC)c2O)cc(CC)c1NC(=O)c1cc2ccccc2c(N=Nc2cc(C(=O)Nc3ccccc3)ccc2OC)c1O. The van der Waals surface area contributed by atoms with Gasteiger partial charge in [-0.25, -0.2) is 0 Å². The molecule has 0 aliphatic rings. The average Bonchev–Trinajstić information content (AvgIpc) is 3.44. The number of rotatable bonds is 16. The molecule has 0 aromatic heterocycles. The minimum Gasteiger partial charge on any atom is -0.505 e. The van der Waals surface area contributed by atoms with Gasteiger partial charge in [0.25, 0.3) is 23.6 Å². The van der Waals surface area contributed by atoms with Crippen molar-refractivity contribution in [2.75, 3.05) is 35.5 Å². The number of fused-ring (bicyclic) bond motifs is 2. The number of benzene rings is 9. The number of amides is 4. The summed E-state index contributed by atoms with van der Waals surface area (Å²) in [7, 11) is 2.92. The van der Waals surface area contributed by atoms with Gasteiger partial charge in [-0.3, -0.25) is 19.2 Å². The molecule has 0 heterocycles. The fraction of sp³-hybridized carbons (Fsp3) is 0.100. The largest absolute Gasteiger partial charge is 0.505 e. The van der Waals surface area contributed by atoms with Crippen LogP contribution >= 0.6 is 0 Å². The molecule has 16 nitrogen and oxygen atoms in total. The quantitative estimate of drug-likeness (QED) is 0.0509. The van der Waals surface area contributed by atoms with E-state index in [1.165, 1.54) is 26.4 Å². The van der Waals surface area contributed by atoms with Crippen LogP contribution in [0.1, 0.15) is 66.4 Å². The van der Waals surface area contributed by atoms with Crippen LogP contribution in [0.2, 0.25) is 0 Å². The number of nitrogens with zero attached hydrogens (tertiary/aromatic N) is 4. The van der Waals surface area contributed by atoms with E-state index in [-0.39, 0.29) is 56.8 Å². The van der Waals surface area contributed by atoms with E-state index in [4.69, 9.17) is 9.47 Å².